The van der Waals surface area contributed by atoms with Crippen LogP contribution in [0.15, 0.2) is 131 Å². The van der Waals surface area contributed by atoms with E-state index in [0.29, 0.717) is 94.7 Å². The Kier molecular flexibility index (Phi) is 13.9. The maximum Gasteiger partial charge on any atom is 0.303 e. The van der Waals surface area contributed by atoms with Crippen LogP contribution in [0.25, 0.3) is 44.8 Å². The fourth-order valence-electron chi connectivity index (χ4n) is 10.8. The van der Waals surface area contributed by atoms with Crippen LogP contribution >= 0.6 is 0 Å². The summed E-state index contributed by atoms with van der Waals surface area (Å²) in [6, 6.07) is 34.3. The van der Waals surface area contributed by atoms with E-state index in [4.69, 9.17) is 0 Å². The Balaban J connectivity index is 0.000000169. The van der Waals surface area contributed by atoms with Crippen LogP contribution < -0.4 is 20.1 Å². The number of aromatic nitrogens is 2. The maximum atomic E-state index is 13.2. The molecule has 2 aliphatic heterocycles. The van der Waals surface area contributed by atoms with Crippen LogP contribution in [0.1, 0.15) is 104 Å². The molecule has 404 valence electrons. The highest BCUT2D eigenvalue weighted by Crippen LogP contribution is 2.40. The number of benzene rings is 6. The number of Topliss-reactive ketones (excluding diaryl/α,β-unsaturated/α-hetero) is 2. The van der Waals surface area contributed by atoms with Crippen molar-refractivity contribution in [2.45, 2.75) is 74.0 Å². The number of hydrogen-bond acceptors (Lipinski definition) is 10. The van der Waals surface area contributed by atoms with Crippen LogP contribution in [0.4, 0.5) is 22.7 Å². The number of anilines is 4. The number of fused-ring (bicyclic) bond motifs is 6. The lowest BCUT2D eigenvalue weighted by atomic mass is 9.91. The van der Waals surface area contributed by atoms with Crippen LogP contribution in [0.5, 0.6) is 0 Å². The van der Waals surface area contributed by atoms with Gasteiger partial charge in [0, 0.05) is 93.5 Å². The van der Waals surface area contributed by atoms with E-state index in [1.54, 1.807) is 84.9 Å². The van der Waals surface area contributed by atoms with Crippen LogP contribution in [0.2, 0.25) is 0 Å². The average molecular weight is 1110 g/mol. The van der Waals surface area contributed by atoms with Crippen molar-refractivity contribution in [1.82, 2.24) is 9.97 Å². The zero-order valence-corrected chi connectivity index (χ0v) is 44.2. The normalized spacial score (nSPS) is 15.7. The van der Waals surface area contributed by atoms with Crippen LogP contribution in [-0.4, -0.2) is 72.3 Å². The van der Waals surface area contributed by atoms with Crippen molar-refractivity contribution < 1.29 is 55.8 Å². The number of ketones is 2. The molecular weight excluding hydrogens is 1060 g/mol. The quantitative estimate of drug-likeness (QED) is 0.0472. The van der Waals surface area contributed by atoms with E-state index in [0.717, 1.165) is 32.9 Å². The Bertz CT molecular complexity index is 4010. The minimum absolute atomic E-state index is 0.0378. The van der Waals surface area contributed by atoms with Gasteiger partial charge in [-0.2, -0.15) is 0 Å². The molecular formula is C60H50N6O12S2. The van der Waals surface area contributed by atoms with E-state index in [2.05, 4.69) is 30.0 Å². The number of hydrogen-bond donors (Lipinski definition) is 8. The van der Waals surface area contributed by atoms with Crippen molar-refractivity contribution in [3.63, 3.8) is 0 Å². The molecule has 0 spiro atoms. The van der Waals surface area contributed by atoms with Gasteiger partial charge < -0.3 is 30.8 Å². The molecule has 18 nitrogen and oxygen atoms in total. The summed E-state index contributed by atoms with van der Waals surface area (Å²) in [6.45, 7) is 0. The number of carboxylic acids is 2. The molecule has 4 heterocycles. The number of nitrogens with one attached hydrogen (secondary N) is 6. The lowest BCUT2D eigenvalue weighted by Crippen LogP contribution is -2.13. The van der Waals surface area contributed by atoms with Gasteiger partial charge in [-0.1, -0.05) is 60.7 Å². The molecule has 8 N–H and O–H groups in total. The highest BCUT2D eigenvalue weighted by Gasteiger charge is 2.32. The summed E-state index contributed by atoms with van der Waals surface area (Å²) in [5.41, 5.74) is 7.89. The van der Waals surface area contributed by atoms with Gasteiger partial charge in [0.1, 0.15) is 0 Å². The minimum atomic E-state index is -3.92. The van der Waals surface area contributed by atoms with Crippen molar-refractivity contribution >= 4 is 123 Å². The first-order valence-electron chi connectivity index (χ1n) is 25.7. The summed E-state index contributed by atoms with van der Waals surface area (Å²) < 4.78 is 58.0. The molecule has 80 heavy (non-hydrogen) atoms. The van der Waals surface area contributed by atoms with E-state index in [1.807, 2.05) is 48.5 Å². The van der Waals surface area contributed by atoms with Gasteiger partial charge in [-0.25, -0.2) is 16.8 Å². The summed E-state index contributed by atoms with van der Waals surface area (Å²) >= 11 is 0. The van der Waals surface area contributed by atoms with E-state index < -0.39 is 32.0 Å². The molecule has 0 radical (unpaired) electrons. The first kappa shape index (κ1) is 52.6. The maximum absolute atomic E-state index is 13.2. The zero-order chi connectivity index (χ0) is 56.0. The number of aryl methyl sites for hydroxylation is 2. The fourth-order valence-corrected chi connectivity index (χ4v) is 13.0. The topological polar surface area (TPSA) is 291 Å². The van der Waals surface area contributed by atoms with Gasteiger partial charge in [0.05, 0.1) is 20.9 Å². The van der Waals surface area contributed by atoms with Crippen LogP contribution in [-0.2, 0) is 64.9 Å². The third-order valence-corrected chi connectivity index (χ3v) is 17.3. The second-order valence-electron chi connectivity index (χ2n) is 19.9. The Morgan fingerprint density at radius 3 is 1.30 bits per heavy atom. The third kappa shape index (κ3) is 10.5. The molecule has 0 saturated carbocycles. The average Bonchev–Trinajstić information content (AvgIpc) is 4.17. The number of aliphatic carboxylic acids is 2. The van der Waals surface area contributed by atoms with Crippen LogP contribution in [0, 0.1) is 0 Å². The van der Waals surface area contributed by atoms with Crippen molar-refractivity contribution in [3.05, 3.63) is 177 Å². The van der Waals surface area contributed by atoms with Gasteiger partial charge in [0.25, 0.3) is 31.9 Å². The van der Waals surface area contributed by atoms with E-state index in [-0.39, 0.29) is 81.4 Å². The zero-order valence-electron chi connectivity index (χ0n) is 42.6. The summed E-state index contributed by atoms with van der Waals surface area (Å²) in [5, 5.41) is 27.5. The number of aromatic amines is 2. The third-order valence-electron chi connectivity index (χ3n) is 14.6. The first-order valence-corrected chi connectivity index (χ1v) is 28.7. The molecule has 0 fully saturated rings. The number of sulfonamides is 2. The summed E-state index contributed by atoms with van der Waals surface area (Å²) in [4.78, 5) is 80.7. The van der Waals surface area contributed by atoms with Gasteiger partial charge in [-0.15, -0.1) is 0 Å². The Labute approximate surface area is 458 Å². The number of rotatable bonds is 14. The number of amides is 2. The van der Waals surface area contributed by atoms with Gasteiger partial charge in [0.2, 0.25) is 0 Å². The van der Waals surface area contributed by atoms with E-state index in [1.165, 1.54) is 0 Å². The first-order chi connectivity index (χ1) is 38.4. The number of H-pyrrole nitrogens is 2. The molecule has 0 atom stereocenters. The SMILES string of the molecule is O=C(O)CCc1c(C=C2C(=O)Nc3ccc(NS(=O)(=O)c4ccc5ccccc5c4)cc32)[nH]c2c1C(=O)CCC2.O=C(O)CCc1c(C=C2C(=O)Nc3ccc(NS(=O)(=O)c4ccc5ccccc5c4)cc32)[nH]c2c1C(=O)CCC2. The van der Waals surface area contributed by atoms with E-state index in [9.17, 15) is 55.8 Å². The molecule has 0 saturated heterocycles. The van der Waals surface area contributed by atoms with Crippen molar-refractivity contribution in [3.8, 4) is 0 Å². The number of carbonyl (C=O) groups excluding carboxylic acids is 4. The number of carboxylic acid groups (broad SMARTS) is 2. The molecule has 2 amide bonds. The molecule has 2 aromatic heterocycles. The molecule has 20 heteroatoms. The molecule has 0 unspecified atom stereocenters. The van der Waals surface area contributed by atoms with Crippen molar-refractivity contribution in [2.24, 2.45) is 0 Å². The highest BCUT2D eigenvalue weighted by molar-refractivity contribution is 7.93. The second kappa shape index (κ2) is 21.1. The lowest BCUT2D eigenvalue weighted by molar-refractivity contribution is -0.138. The second-order valence-corrected chi connectivity index (χ2v) is 23.2. The smallest absolute Gasteiger partial charge is 0.303 e. The molecule has 8 aromatic rings. The Morgan fingerprint density at radius 1 is 0.500 bits per heavy atom. The highest BCUT2D eigenvalue weighted by atomic mass is 32.2. The largest absolute Gasteiger partial charge is 0.481 e. The number of carbonyl (C=O) groups is 6. The monoisotopic (exact) mass is 1110 g/mol. The predicted molar refractivity (Wildman–Crippen MR) is 303 cm³/mol. The lowest BCUT2D eigenvalue weighted by Gasteiger charge is -2.11. The van der Waals surface area contributed by atoms with Gasteiger partial charge >= 0.3 is 11.9 Å². The standard InChI is InChI=1S/2C30H25N3O6S/c2*34-27-7-3-6-25-29(27)21(11-13-28(35)36)26(31-25)16-23-22-15-19(9-12-24(22)32-30(23)37)33-40(38,39)20-10-8-17-4-1-2-5-18(17)14-20/h2*1-2,4-5,8-10,12,14-16,31,33H,3,6-7,11,13H2,(H,32,37)(H,35,36). The molecule has 12 rings (SSSR count). The van der Waals surface area contributed by atoms with E-state index >= 15 is 0 Å². The summed E-state index contributed by atoms with van der Waals surface area (Å²) in [7, 11) is -7.83. The summed E-state index contributed by atoms with van der Waals surface area (Å²) in [6.07, 6.45) is 6.72. The fraction of sp³-hybridized carbons (Fsp3) is 0.167. The van der Waals surface area contributed by atoms with Crippen molar-refractivity contribution in [1.29, 1.82) is 0 Å². The minimum Gasteiger partial charge on any atom is -0.481 e. The molecule has 4 aliphatic rings. The van der Waals surface area contributed by atoms with Crippen LogP contribution in [0.3, 0.4) is 0 Å². The predicted octanol–water partition coefficient (Wildman–Crippen LogP) is 10.00. The van der Waals surface area contributed by atoms with Gasteiger partial charge in [-0.05, 0) is 144 Å². The van der Waals surface area contributed by atoms with Gasteiger partial charge in [0.15, 0.2) is 11.6 Å². The molecule has 2 aliphatic carbocycles. The van der Waals surface area contributed by atoms with Gasteiger partial charge in [-0.3, -0.25) is 38.2 Å². The molecule has 0 bridgehead atoms. The molecule has 6 aromatic carbocycles. The Hall–Kier alpha value is -9.40. The summed E-state index contributed by atoms with van der Waals surface area (Å²) in [5.74, 6) is -2.80. The Morgan fingerprint density at radius 2 is 0.900 bits per heavy atom. The van der Waals surface area contributed by atoms with Crippen molar-refractivity contribution in [2.75, 3.05) is 20.1 Å².